The molecule has 0 unspecified atom stereocenters. The predicted molar refractivity (Wildman–Crippen MR) is 80.0 cm³/mol. The van der Waals surface area contributed by atoms with Crippen LogP contribution in [0.25, 0.3) is 10.8 Å². The van der Waals surface area contributed by atoms with Crippen LogP contribution in [0.5, 0.6) is 0 Å². The van der Waals surface area contributed by atoms with Crippen LogP contribution in [0, 0.1) is 0 Å². The zero-order valence-electron chi connectivity index (χ0n) is 11.5. The number of oxime groups is 1. The lowest BCUT2D eigenvalue weighted by atomic mass is 10.0. The number of nitrogens with two attached hydrogens (primary N) is 1. The van der Waals surface area contributed by atoms with Crippen molar-refractivity contribution in [2.75, 3.05) is 11.9 Å². The zero-order chi connectivity index (χ0) is 14.0. The van der Waals surface area contributed by atoms with E-state index in [0.717, 1.165) is 22.0 Å². The van der Waals surface area contributed by atoms with Gasteiger partial charge in [-0.1, -0.05) is 29.4 Å². The van der Waals surface area contributed by atoms with E-state index in [0.29, 0.717) is 6.04 Å². The standard InChI is InChI=1S/C15H19N3O/c1-10(2)18(3)14-9-8-13(15(16)17-19)11-6-4-5-7-12(11)14/h4-10,19H,1-3H3,(H2,16,17). The van der Waals surface area contributed by atoms with Crippen molar-refractivity contribution in [3.8, 4) is 0 Å². The van der Waals surface area contributed by atoms with E-state index in [9.17, 15) is 0 Å². The first-order valence-corrected chi connectivity index (χ1v) is 6.28. The molecular weight excluding hydrogens is 238 g/mol. The Bertz CT molecular complexity index is 620. The smallest absolute Gasteiger partial charge is 0.170 e. The molecule has 0 aromatic heterocycles. The molecule has 0 fully saturated rings. The summed E-state index contributed by atoms with van der Waals surface area (Å²) in [6.45, 7) is 4.29. The number of anilines is 1. The van der Waals surface area contributed by atoms with Gasteiger partial charge in [0.25, 0.3) is 0 Å². The summed E-state index contributed by atoms with van der Waals surface area (Å²) in [7, 11) is 2.07. The molecular formula is C15H19N3O. The number of amidine groups is 1. The number of nitrogens with zero attached hydrogens (tertiary/aromatic N) is 2. The summed E-state index contributed by atoms with van der Waals surface area (Å²) < 4.78 is 0. The van der Waals surface area contributed by atoms with Gasteiger partial charge in [0.15, 0.2) is 5.84 Å². The first-order valence-electron chi connectivity index (χ1n) is 6.28. The van der Waals surface area contributed by atoms with Crippen LogP contribution < -0.4 is 10.6 Å². The molecule has 19 heavy (non-hydrogen) atoms. The van der Waals surface area contributed by atoms with Gasteiger partial charge < -0.3 is 15.8 Å². The lowest BCUT2D eigenvalue weighted by Crippen LogP contribution is -2.26. The molecule has 0 aliphatic heterocycles. The number of hydrogen-bond acceptors (Lipinski definition) is 3. The molecule has 0 aliphatic rings. The minimum absolute atomic E-state index is 0.134. The highest BCUT2D eigenvalue weighted by Crippen LogP contribution is 2.29. The van der Waals surface area contributed by atoms with Crippen molar-refractivity contribution in [3.05, 3.63) is 42.0 Å². The Morgan fingerprint density at radius 2 is 1.79 bits per heavy atom. The maximum atomic E-state index is 8.87. The van der Waals surface area contributed by atoms with Crippen molar-refractivity contribution in [2.45, 2.75) is 19.9 Å². The van der Waals surface area contributed by atoms with Crippen LogP contribution in [0.4, 0.5) is 5.69 Å². The average Bonchev–Trinajstić information content (AvgIpc) is 2.44. The maximum Gasteiger partial charge on any atom is 0.170 e. The molecule has 4 nitrogen and oxygen atoms in total. The van der Waals surface area contributed by atoms with Crippen LogP contribution in [0.1, 0.15) is 19.4 Å². The number of hydrogen-bond donors (Lipinski definition) is 2. The van der Waals surface area contributed by atoms with E-state index < -0.39 is 0 Å². The van der Waals surface area contributed by atoms with Gasteiger partial charge in [0.2, 0.25) is 0 Å². The zero-order valence-corrected chi connectivity index (χ0v) is 11.5. The van der Waals surface area contributed by atoms with E-state index in [-0.39, 0.29) is 5.84 Å². The van der Waals surface area contributed by atoms with E-state index in [1.165, 1.54) is 0 Å². The normalized spacial score (nSPS) is 12.1. The number of fused-ring (bicyclic) bond motifs is 1. The third-order valence-corrected chi connectivity index (χ3v) is 3.44. The summed E-state index contributed by atoms with van der Waals surface area (Å²) in [5, 5.41) is 14.1. The molecule has 0 aliphatic carbocycles. The molecule has 4 heteroatoms. The second-order valence-electron chi connectivity index (χ2n) is 4.87. The van der Waals surface area contributed by atoms with Gasteiger partial charge >= 0.3 is 0 Å². The summed E-state index contributed by atoms with van der Waals surface area (Å²) >= 11 is 0. The fourth-order valence-corrected chi connectivity index (χ4v) is 2.15. The minimum atomic E-state index is 0.134. The summed E-state index contributed by atoms with van der Waals surface area (Å²) in [5.41, 5.74) is 7.62. The Kier molecular flexibility index (Phi) is 3.60. The summed E-state index contributed by atoms with van der Waals surface area (Å²) in [6.07, 6.45) is 0. The van der Waals surface area contributed by atoms with Crippen LogP contribution in [-0.2, 0) is 0 Å². The molecule has 2 aromatic carbocycles. The van der Waals surface area contributed by atoms with E-state index in [1.807, 2.05) is 30.3 Å². The third-order valence-electron chi connectivity index (χ3n) is 3.44. The molecule has 0 bridgehead atoms. The van der Waals surface area contributed by atoms with Crippen LogP contribution in [0.15, 0.2) is 41.6 Å². The monoisotopic (exact) mass is 257 g/mol. The van der Waals surface area contributed by atoms with Gasteiger partial charge in [-0.25, -0.2) is 0 Å². The van der Waals surface area contributed by atoms with Crippen molar-refractivity contribution in [1.82, 2.24) is 0 Å². The average molecular weight is 257 g/mol. The van der Waals surface area contributed by atoms with Crippen molar-refractivity contribution < 1.29 is 5.21 Å². The van der Waals surface area contributed by atoms with Crippen molar-refractivity contribution >= 4 is 22.3 Å². The fourth-order valence-electron chi connectivity index (χ4n) is 2.15. The SMILES string of the molecule is CC(C)N(C)c1ccc(/C(N)=N/O)c2ccccc12. The molecule has 0 heterocycles. The fraction of sp³-hybridized carbons (Fsp3) is 0.267. The lowest BCUT2D eigenvalue weighted by Gasteiger charge is -2.26. The van der Waals surface area contributed by atoms with Crippen LogP contribution >= 0.6 is 0 Å². The van der Waals surface area contributed by atoms with Crippen molar-refractivity contribution in [3.63, 3.8) is 0 Å². The van der Waals surface area contributed by atoms with Gasteiger partial charge in [-0.05, 0) is 31.4 Å². The molecule has 0 saturated heterocycles. The van der Waals surface area contributed by atoms with Gasteiger partial charge in [0.1, 0.15) is 0 Å². The van der Waals surface area contributed by atoms with Crippen LogP contribution in [0.3, 0.4) is 0 Å². The maximum absolute atomic E-state index is 8.87. The van der Waals surface area contributed by atoms with Crippen LogP contribution in [0.2, 0.25) is 0 Å². The highest BCUT2D eigenvalue weighted by molar-refractivity contribution is 6.11. The summed E-state index contributed by atoms with van der Waals surface area (Å²) in [5.74, 6) is 0.134. The third kappa shape index (κ3) is 2.34. The molecule has 100 valence electrons. The van der Waals surface area contributed by atoms with Gasteiger partial charge in [-0.3, -0.25) is 0 Å². The second-order valence-corrected chi connectivity index (χ2v) is 4.87. The highest BCUT2D eigenvalue weighted by Gasteiger charge is 2.12. The number of rotatable bonds is 3. The van der Waals surface area contributed by atoms with E-state index in [1.54, 1.807) is 0 Å². The van der Waals surface area contributed by atoms with Crippen molar-refractivity contribution in [1.29, 1.82) is 0 Å². The van der Waals surface area contributed by atoms with Crippen LogP contribution in [-0.4, -0.2) is 24.1 Å². The van der Waals surface area contributed by atoms with Gasteiger partial charge in [-0.15, -0.1) is 0 Å². The van der Waals surface area contributed by atoms with E-state index in [2.05, 4.69) is 37.0 Å². The molecule has 0 atom stereocenters. The molecule has 2 rings (SSSR count). The van der Waals surface area contributed by atoms with E-state index >= 15 is 0 Å². The molecule has 0 amide bonds. The molecule has 3 N–H and O–H groups in total. The van der Waals surface area contributed by atoms with Gasteiger partial charge in [0, 0.05) is 29.7 Å². The molecule has 0 spiro atoms. The minimum Gasteiger partial charge on any atom is -0.409 e. The van der Waals surface area contributed by atoms with Gasteiger partial charge in [0.05, 0.1) is 0 Å². The first kappa shape index (κ1) is 13.2. The predicted octanol–water partition coefficient (Wildman–Crippen LogP) is 2.78. The molecule has 2 aromatic rings. The molecule has 0 saturated carbocycles. The summed E-state index contributed by atoms with van der Waals surface area (Å²) in [4.78, 5) is 2.21. The Morgan fingerprint density at radius 3 is 2.37 bits per heavy atom. The highest BCUT2D eigenvalue weighted by atomic mass is 16.4. The van der Waals surface area contributed by atoms with Gasteiger partial charge in [-0.2, -0.15) is 0 Å². The summed E-state index contributed by atoms with van der Waals surface area (Å²) in [6, 6.07) is 12.3. The first-order chi connectivity index (χ1) is 9.06. The topological polar surface area (TPSA) is 61.8 Å². The Morgan fingerprint density at radius 1 is 1.16 bits per heavy atom. The quantitative estimate of drug-likeness (QED) is 0.384. The Balaban J connectivity index is 2.72. The lowest BCUT2D eigenvalue weighted by molar-refractivity contribution is 0.318. The van der Waals surface area contributed by atoms with Crippen molar-refractivity contribution in [2.24, 2.45) is 10.9 Å². The number of benzene rings is 2. The second kappa shape index (κ2) is 5.18. The van der Waals surface area contributed by atoms with E-state index in [4.69, 9.17) is 10.9 Å². The molecule has 0 radical (unpaired) electrons. The Hall–Kier alpha value is -2.23. The largest absolute Gasteiger partial charge is 0.409 e. The Labute approximate surface area is 113 Å².